The van der Waals surface area contributed by atoms with Crippen LogP contribution in [0.15, 0.2) is 46.8 Å². The summed E-state index contributed by atoms with van der Waals surface area (Å²) in [7, 11) is 0. The molecule has 0 aromatic heterocycles. The Hall–Kier alpha value is -2.79. The van der Waals surface area contributed by atoms with Crippen LogP contribution in [0.3, 0.4) is 0 Å². The molecule has 5 aliphatic rings. The third-order valence-electron chi connectivity index (χ3n) is 10.9. The van der Waals surface area contributed by atoms with E-state index in [-0.39, 0.29) is 40.4 Å². The fraction of sp³-hybridized carbons (Fsp3) is 0.588. The third kappa shape index (κ3) is 5.91. The molecule has 12 heteroatoms. The first-order valence-corrected chi connectivity index (χ1v) is 16.9. The molecule has 2 spiro atoms. The fourth-order valence-corrected chi connectivity index (χ4v) is 8.53. The SMILES string of the molecule is C=C(Cl)N=C/C=C(\F)[C@H]1[C@H](C(=O)NC2CC(C(=O)NC3CCOCC3)C2)NC2(CCC(C)(C)CC2)[C@@]12C(=O)Nc1cc(Cl)ccc12. The van der Waals surface area contributed by atoms with Crippen molar-refractivity contribution < 1.29 is 23.5 Å². The zero-order valence-electron chi connectivity index (χ0n) is 26.3. The van der Waals surface area contributed by atoms with Gasteiger partial charge in [0.25, 0.3) is 0 Å². The lowest BCUT2D eigenvalue weighted by Gasteiger charge is -2.50. The Bertz CT molecular complexity index is 1480. The van der Waals surface area contributed by atoms with Crippen LogP contribution in [-0.2, 0) is 24.5 Å². The highest BCUT2D eigenvalue weighted by Gasteiger charge is 2.73. The largest absolute Gasteiger partial charge is 0.381 e. The molecular weight excluding hydrogens is 632 g/mol. The van der Waals surface area contributed by atoms with Gasteiger partial charge in [-0.05, 0) is 80.6 Å². The maximum atomic E-state index is 16.7. The summed E-state index contributed by atoms with van der Waals surface area (Å²) < 4.78 is 22.1. The molecule has 9 nitrogen and oxygen atoms in total. The number of carbonyl (C=O) groups is 3. The molecule has 1 aromatic carbocycles. The van der Waals surface area contributed by atoms with Gasteiger partial charge in [-0.25, -0.2) is 9.38 Å². The van der Waals surface area contributed by atoms with Crippen molar-refractivity contribution in [2.24, 2.45) is 22.2 Å². The topological polar surface area (TPSA) is 121 Å². The molecule has 3 aliphatic heterocycles. The summed E-state index contributed by atoms with van der Waals surface area (Å²) in [4.78, 5) is 45.4. The summed E-state index contributed by atoms with van der Waals surface area (Å²) >= 11 is 12.1. The molecule has 4 N–H and O–H groups in total. The van der Waals surface area contributed by atoms with Gasteiger partial charge in [0.2, 0.25) is 17.7 Å². The van der Waals surface area contributed by atoms with E-state index >= 15 is 4.39 Å². The molecule has 0 unspecified atom stereocenters. The first kappa shape index (κ1) is 33.1. The average Bonchev–Trinajstić information content (AvgIpc) is 3.44. The number of amides is 3. The number of nitrogens with one attached hydrogen (secondary N) is 4. The molecule has 3 heterocycles. The van der Waals surface area contributed by atoms with Gasteiger partial charge in [0.15, 0.2) is 0 Å². The fourth-order valence-electron chi connectivity index (χ4n) is 8.30. The number of hydrogen-bond acceptors (Lipinski definition) is 6. The molecule has 2 aliphatic carbocycles. The summed E-state index contributed by atoms with van der Waals surface area (Å²) in [6.45, 7) is 9.17. The molecule has 2 saturated heterocycles. The van der Waals surface area contributed by atoms with Crippen molar-refractivity contribution in [3.63, 3.8) is 0 Å². The molecule has 3 atom stereocenters. The zero-order chi connectivity index (χ0) is 32.9. The van der Waals surface area contributed by atoms with Crippen LogP contribution in [-0.4, -0.2) is 60.8 Å². The summed E-state index contributed by atoms with van der Waals surface area (Å²) in [5.74, 6) is -2.85. The number of halogens is 3. The van der Waals surface area contributed by atoms with E-state index in [1.165, 1.54) is 6.21 Å². The van der Waals surface area contributed by atoms with Crippen LogP contribution in [0, 0.1) is 17.3 Å². The first-order valence-electron chi connectivity index (χ1n) is 16.2. The third-order valence-corrected chi connectivity index (χ3v) is 11.2. The Morgan fingerprint density at radius 1 is 1.09 bits per heavy atom. The zero-order valence-corrected chi connectivity index (χ0v) is 27.8. The van der Waals surface area contributed by atoms with E-state index in [4.69, 9.17) is 27.9 Å². The van der Waals surface area contributed by atoms with Crippen LogP contribution >= 0.6 is 23.2 Å². The molecule has 1 aromatic rings. The Balaban J connectivity index is 1.32. The second-order valence-corrected chi connectivity index (χ2v) is 15.1. The summed E-state index contributed by atoms with van der Waals surface area (Å²) in [5.41, 5.74) is -1.20. The van der Waals surface area contributed by atoms with E-state index in [0.717, 1.165) is 31.8 Å². The minimum absolute atomic E-state index is 0.0102. The van der Waals surface area contributed by atoms with E-state index in [9.17, 15) is 14.4 Å². The number of hydrogen-bond donors (Lipinski definition) is 4. The Kier molecular flexibility index (Phi) is 9.13. The van der Waals surface area contributed by atoms with E-state index in [1.807, 2.05) is 0 Å². The number of rotatable bonds is 7. The van der Waals surface area contributed by atoms with E-state index in [2.05, 4.69) is 46.7 Å². The number of anilines is 1. The first-order chi connectivity index (χ1) is 21.8. The maximum absolute atomic E-state index is 16.7. The minimum Gasteiger partial charge on any atom is -0.381 e. The monoisotopic (exact) mass is 673 g/mol. The normalized spacial score (nSPS) is 31.8. The molecule has 6 rings (SSSR count). The highest BCUT2D eigenvalue weighted by atomic mass is 35.5. The highest BCUT2D eigenvalue weighted by molar-refractivity contribution is 6.31. The smallest absolute Gasteiger partial charge is 0.238 e. The summed E-state index contributed by atoms with van der Waals surface area (Å²) in [6, 6.07) is 3.95. The van der Waals surface area contributed by atoms with Gasteiger partial charge >= 0.3 is 0 Å². The molecule has 46 heavy (non-hydrogen) atoms. The van der Waals surface area contributed by atoms with E-state index in [0.29, 0.717) is 55.2 Å². The van der Waals surface area contributed by atoms with Crippen molar-refractivity contribution in [3.05, 3.63) is 52.4 Å². The number of ether oxygens (including phenoxy) is 1. The maximum Gasteiger partial charge on any atom is 0.238 e. The minimum atomic E-state index is -1.44. The second-order valence-electron chi connectivity index (χ2n) is 14.3. The van der Waals surface area contributed by atoms with Crippen LogP contribution in [0.2, 0.25) is 5.02 Å². The van der Waals surface area contributed by atoms with Gasteiger partial charge in [0, 0.05) is 53.7 Å². The molecule has 0 radical (unpaired) electrons. The Labute approximate surface area is 279 Å². The Morgan fingerprint density at radius 2 is 1.76 bits per heavy atom. The predicted molar refractivity (Wildman–Crippen MR) is 176 cm³/mol. The van der Waals surface area contributed by atoms with Crippen LogP contribution in [0.5, 0.6) is 0 Å². The van der Waals surface area contributed by atoms with E-state index in [1.54, 1.807) is 18.2 Å². The number of aliphatic imine (C=N–C) groups is 1. The van der Waals surface area contributed by atoms with Crippen LogP contribution in [0.25, 0.3) is 0 Å². The van der Waals surface area contributed by atoms with Crippen molar-refractivity contribution in [3.8, 4) is 0 Å². The molecule has 248 valence electrons. The number of fused-ring (bicyclic) bond motifs is 3. The second kappa shape index (κ2) is 12.7. The quantitative estimate of drug-likeness (QED) is 0.232. The lowest BCUT2D eigenvalue weighted by molar-refractivity contribution is -0.132. The lowest BCUT2D eigenvalue weighted by atomic mass is 9.54. The lowest BCUT2D eigenvalue weighted by Crippen LogP contribution is -2.62. The number of benzene rings is 1. The van der Waals surface area contributed by atoms with Crippen molar-refractivity contribution in [2.75, 3.05) is 18.5 Å². The van der Waals surface area contributed by atoms with Gasteiger partial charge in [0.1, 0.15) is 16.4 Å². The number of allylic oxidation sites excluding steroid dienone is 1. The van der Waals surface area contributed by atoms with Gasteiger partial charge in [-0.1, -0.05) is 49.7 Å². The van der Waals surface area contributed by atoms with Crippen molar-refractivity contribution >= 4 is 52.8 Å². The summed E-state index contributed by atoms with van der Waals surface area (Å²) in [5, 5.41) is 13.2. The average molecular weight is 675 g/mol. The number of nitrogens with zero attached hydrogens (tertiary/aromatic N) is 1. The van der Waals surface area contributed by atoms with Crippen molar-refractivity contribution in [2.45, 2.75) is 94.3 Å². The van der Waals surface area contributed by atoms with Crippen molar-refractivity contribution in [1.82, 2.24) is 16.0 Å². The summed E-state index contributed by atoms with van der Waals surface area (Å²) in [6.07, 6.45) is 7.62. The van der Waals surface area contributed by atoms with Gasteiger partial charge in [-0.2, -0.15) is 0 Å². The van der Waals surface area contributed by atoms with Gasteiger partial charge in [-0.15, -0.1) is 0 Å². The van der Waals surface area contributed by atoms with Gasteiger partial charge in [0.05, 0.1) is 12.0 Å². The van der Waals surface area contributed by atoms with Crippen LogP contribution in [0.1, 0.15) is 70.8 Å². The van der Waals surface area contributed by atoms with Gasteiger partial charge < -0.3 is 20.7 Å². The van der Waals surface area contributed by atoms with Crippen molar-refractivity contribution in [1.29, 1.82) is 0 Å². The van der Waals surface area contributed by atoms with Gasteiger partial charge in [-0.3, -0.25) is 19.7 Å². The molecule has 2 saturated carbocycles. The standard InChI is InChI=1S/C34H42Cl2FN5O4/c1-19(35)38-13-6-25(37)27-28(30(44)40-23-16-20(17-23)29(43)39-22-7-14-46-15-8-22)42-33(11-9-32(2,3)10-12-33)34(27)24-5-4-21(36)18-26(24)41-31(34)45/h4-6,13,18,20,22-23,27-28,42H,1,7-12,14-17H2,2-3H3,(H,39,43)(H,40,44)(H,41,45)/b25-6-,38-13?/t20?,23?,27-,28+,34+/m0/s1. The van der Waals surface area contributed by atoms with Crippen LogP contribution in [0.4, 0.5) is 10.1 Å². The molecule has 4 fully saturated rings. The molecular formula is C34H42Cl2FN5O4. The molecule has 3 amide bonds. The molecule has 0 bridgehead atoms. The van der Waals surface area contributed by atoms with E-state index < -0.39 is 34.6 Å². The van der Waals surface area contributed by atoms with Crippen LogP contribution < -0.4 is 21.3 Å². The number of carbonyl (C=O) groups excluding carboxylic acids is 3. The predicted octanol–water partition coefficient (Wildman–Crippen LogP) is 5.28. The highest BCUT2D eigenvalue weighted by Crippen LogP contribution is 2.62. The Morgan fingerprint density at radius 3 is 2.43 bits per heavy atom.